The number of amides is 2. The first-order valence-electron chi connectivity index (χ1n) is 7.43. The maximum Gasteiger partial charge on any atom is 0.252 e. The molecule has 132 valence electrons. The lowest BCUT2D eigenvalue weighted by atomic mass is 10.1. The van der Waals surface area contributed by atoms with E-state index in [0.29, 0.717) is 0 Å². The van der Waals surface area contributed by atoms with Gasteiger partial charge in [-0.2, -0.15) is 0 Å². The maximum absolute atomic E-state index is 13.2. The molecule has 25 heavy (non-hydrogen) atoms. The monoisotopic (exact) mass is 364 g/mol. The molecule has 0 aliphatic carbocycles. The van der Waals surface area contributed by atoms with E-state index < -0.39 is 33.5 Å². The Balaban J connectivity index is 2.06. The van der Waals surface area contributed by atoms with Crippen molar-refractivity contribution in [2.45, 2.75) is 17.4 Å². The molecule has 0 heterocycles. The zero-order valence-electron chi connectivity index (χ0n) is 13.2. The van der Waals surface area contributed by atoms with E-state index in [4.69, 9.17) is 5.73 Å². The van der Waals surface area contributed by atoms with E-state index in [1.165, 1.54) is 30.3 Å². The van der Waals surface area contributed by atoms with Crippen molar-refractivity contribution >= 4 is 21.7 Å². The SMILES string of the molecule is NC(=O)[C@@H](CCS(=O)(=O)c1ccccc1)NC(=O)c1cccc(F)c1. The Hall–Kier alpha value is -2.74. The minimum absolute atomic E-state index is 0.0113. The van der Waals surface area contributed by atoms with Gasteiger partial charge in [0.15, 0.2) is 9.84 Å². The minimum atomic E-state index is -3.62. The molecule has 2 aromatic rings. The summed E-state index contributed by atoms with van der Waals surface area (Å²) in [6.45, 7) is 0. The van der Waals surface area contributed by atoms with Crippen LogP contribution in [-0.4, -0.2) is 32.0 Å². The highest BCUT2D eigenvalue weighted by molar-refractivity contribution is 7.91. The number of carbonyl (C=O) groups is 2. The quantitative estimate of drug-likeness (QED) is 0.772. The van der Waals surface area contributed by atoms with Crippen LogP contribution in [0.5, 0.6) is 0 Å². The van der Waals surface area contributed by atoms with Crippen molar-refractivity contribution in [1.29, 1.82) is 0 Å². The fraction of sp³-hybridized carbons (Fsp3) is 0.176. The lowest BCUT2D eigenvalue weighted by Crippen LogP contribution is -2.45. The van der Waals surface area contributed by atoms with Crippen molar-refractivity contribution in [2.24, 2.45) is 5.73 Å². The first-order chi connectivity index (χ1) is 11.8. The van der Waals surface area contributed by atoms with Crippen molar-refractivity contribution in [3.63, 3.8) is 0 Å². The molecular weight excluding hydrogens is 347 g/mol. The fourth-order valence-electron chi connectivity index (χ4n) is 2.18. The number of nitrogens with two attached hydrogens (primary N) is 1. The molecule has 2 rings (SSSR count). The molecule has 0 spiro atoms. The number of hydrogen-bond acceptors (Lipinski definition) is 4. The van der Waals surface area contributed by atoms with E-state index in [1.54, 1.807) is 18.2 Å². The van der Waals surface area contributed by atoms with Gasteiger partial charge in [0, 0.05) is 5.56 Å². The van der Waals surface area contributed by atoms with Crippen LogP contribution in [0.3, 0.4) is 0 Å². The highest BCUT2D eigenvalue weighted by Crippen LogP contribution is 2.12. The molecule has 1 atom stereocenters. The van der Waals surface area contributed by atoms with Gasteiger partial charge < -0.3 is 11.1 Å². The van der Waals surface area contributed by atoms with Crippen LogP contribution in [0, 0.1) is 5.82 Å². The van der Waals surface area contributed by atoms with E-state index in [1.807, 2.05) is 0 Å². The molecule has 3 N–H and O–H groups in total. The minimum Gasteiger partial charge on any atom is -0.368 e. The Morgan fingerprint density at radius 1 is 1.08 bits per heavy atom. The second-order valence-electron chi connectivity index (χ2n) is 5.36. The van der Waals surface area contributed by atoms with Crippen LogP contribution in [0.15, 0.2) is 59.5 Å². The van der Waals surface area contributed by atoms with Gasteiger partial charge in [0.05, 0.1) is 10.6 Å². The summed E-state index contributed by atoms with van der Waals surface area (Å²) in [5, 5.41) is 2.34. The summed E-state index contributed by atoms with van der Waals surface area (Å²) in [5.41, 5.74) is 5.25. The zero-order chi connectivity index (χ0) is 18.4. The maximum atomic E-state index is 13.2. The van der Waals surface area contributed by atoms with E-state index in [2.05, 4.69) is 5.32 Å². The molecule has 0 saturated carbocycles. The summed E-state index contributed by atoms with van der Waals surface area (Å²) in [7, 11) is -3.62. The van der Waals surface area contributed by atoms with Gasteiger partial charge in [-0.1, -0.05) is 24.3 Å². The van der Waals surface area contributed by atoms with Crippen LogP contribution in [0.2, 0.25) is 0 Å². The predicted octanol–water partition coefficient (Wildman–Crippen LogP) is 1.27. The number of primary amides is 1. The van der Waals surface area contributed by atoms with Gasteiger partial charge in [-0.3, -0.25) is 9.59 Å². The first kappa shape index (κ1) is 18.6. The molecule has 0 aromatic heterocycles. The largest absolute Gasteiger partial charge is 0.368 e. The number of nitrogens with one attached hydrogen (secondary N) is 1. The molecule has 0 radical (unpaired) electrons. The molecule has 6 nitrogen and oxygen atoms in total. The van der Waals surface area contributed by atoms with Gasteiger partial charge in [0.1, 0.15) is 11.9 Å². The molecule has 0 bridgehead atoms. The van der Waals surface area contributed by atoms with Gasteiger partial charge in [0.2, 0.25) is 5.91 Å². The van der Waals surface area contributed by atoms with E-state index >= 15 is 0 Å². The Labute approximate surface area is 144 Å². The summed E-state index contributed by atoms with van der Waals surface area (Å²) < 4.78 is 37.7. The molecular formula is C17H17FN2O4S. The predicted molar refractivity (Wildman–Crippen MR) is 90.0 cm³/mol. The summed E-state index contributed by atoms with van der Waals surface area (Å²) in [6, 6.07) is 11.5. The number of benzene rings is 2. The van der Waals surface area contributed by atoms with Gasteiger partial charge in [-0.05, 0) is 36.8 Å². The average Bonchev–Trinajstić information content (AvgIpc) is 2.59. The highest BCUT2D eigenvalue weighted by Gasteiger charge is 2.23. The topological polar surface area (TPSA) is 106 Å². The molecule has 0 fully saturated rings. The molecule has 0 unspecified atom stereocenters. The number of rotatable bonds is 7. The average molecular weight is 364 g/mol. The van der Waals surface area contributed by atoms with Crippen molar-refractivity contribution < 1.29 is 22.4 Å². The number of carbonyl (C=O) groups excluding carboxylic acids is 2. The summed E-state index contributed by atoms with van der Waals surface area (Å²) in [5.74, 6) is -2.54. The Morgan fingerprint density at radius 2 is 1.76 bits per heavy atom. The number of hydrogen-bond donors (Lipinski definition) is 2. The molecule has 8 heteroatoms. The normalized spacial score (nSPS) is 12.4. The van der Waals surface area contributed by atoms with E-state index in [0.717, 1.165) is 6.07 Å². The van der Waals surface area contributed by atoms with Crippen LogP contribution in [0.1, 0.15) is 16.8 Å². The summed E-state index contributed by atoms with van der Waals surface area (Å²) in [6.07, 6.45) is -0.187. The van der Waals surface area contributed by atoms with Crippen LogP contribution in [0.25, 0.3) is 0 Å². The van der Waals surface area contributed by atoms with Crippen LogP contribution in [0.4, 0.5) is 4.39 Å². The van der Waals surface area contributed by atoms with Crippen LogP contribution < -0.4 is 11.1 Å². The Kier molecular flexibility index (Phi) is 5.87. The van der Waals surface area contributed by atoms with Gasteiger partial charge in [-0.25, -0.2) is 12.8 Å². The Bertz CT molecular complexity index is 869. The smallest absolute Gasteiger partial charge is 0.252 e. The third kappa shape index (κ3) is 5.12. The van der Waals surface area contributed by atoms with E-state index in [9.17, 15) is 22.4 Å². The summed E-state index contributed by atoms with van der Waals surface area (Å²) in [4.78, 5) is 23.7. The van der Waals surface area contributed by atoms with Gasteiger partial charge in [-0.15, -0.1) is 0 Å². The molecule has 2 amide bonds. The Morgan fingerprint density at radius 3 is 2.36 bits per heavy atom. The van der Waals surface area contributed by atoms with Gasteiger partial charge in [0.25, 0.3) is 5.91 Å². The second-order valence-corrected chi connectivity index (χ2v) is 7.47. The van der Waals surface area contributed by atoms with Crippen molar-refractivity contribution in [3.8, 4) is 0 Å². The standard InChI is InChI=1S/C17H17FN2O4S/c18-13-6-4-5-12(11-13)17(22)20-15(16(19)21)9-10-25(23,24)14-7-2-1-3-8-14/h1-8,11,15H,9-10H2,(H2,19,21)(H,20,22)/t15-/m1/s1. The lowest BCUT2D eigenvalue weighted by molar-refractivity contribution is -0.119. The highest BCUT2D eigenvalue weighted by atomic mass is 32.2. The number of sulfone groups is 1. The second kappa shape index (κ2) is 7.89. The third-order valence-electron chi connectivity index (χ3n) is 3.51. The van der Waals surface area contributed by atoms with Crippen LogP contribution in [-0.2, 0) is 14.6 Å². The zero-order valence-corrected chi connectivity index (χ0v) is 14.0. The third-order valence-corrected chi connectivity index (χ3v) is 5.28. The van der Waals surface area contributed by atoms with Crippen molar-refractivity contribution in [3.05, 3.63) is 66.0 Å². The first-order valence-corrected chi connectivity index (χ1v) is 9.08. The van der Waals surface area contributed by atoms with E-state index in [-0.39, 0.29) is 22.6 Å². The van der Waals surface area contributed by atoms with Crippen molar-refractivity contribution in [1.82, 2.24) is 5.32 Å². The molecule has 0 aliphatic rings. The fourth-order valence-corrected chi connectivity index (χ4v) is 3.53. The molecule has 0 aliphatic heterocycles. The van der Waals surface area contributed by atoms with Crippen molar-refractivity contribution in [2.75, 3.05) is 5.75 Å². The van der Waals surface area contributed by atoms with Crippen LogP contribution >= 0.6 is 0 Å². The number of halogens is 1. The molecule has 0 saturated heterocycles. The molecule has 2 aromatic carbocycles. The summed E-state index contributed by atoms with van der Waals surface area (Å²) >= 11 is 0. The lowest BCUT2D eigenvalue weighted by Gasteiger charge is -2.15. The van der Waals surface area contributed by atoms with Gasteiger partial charge >= 0.3 is 0 Å².